The van der Waals surface area contributed by atoms with Crippen LogP contribution in [-0.4, -0.2) is 20.1 Å². The number of nitrogen functional groups attached to an aromatic ring is 1. The van der Waals surface area contributed by atoms with Crippen molar-refractivity contribution in [3.8, 4) is 5.88 Å². The third kappa shape index (κ3) is 2.55. The van der Waals surface area contributed by atoms with E-state index in [2.05, 4.69) is 41.1 Å². The fourth-order valence-corrected chi connectivity index (χ4v) is 2.27. The summed E-state index contributed by atoms with van der Waals surface area (Å²) in [4.78, 5) is 10.4. The molecule has 0 aliphatic heterocycles. The Balaban J connectivity index is 2.09. The summed E-state index contributed by atoms with van der Waals surface area (Å²) >= 11 is 9.15. The van der Waals surface area contributed by atoms with Gasteiger partial charge in [0.15, 0.2) is 10.8 Å². The monoisotopic (exact) mass is 366 g/mol. The molecular formula is C12H8BrClN6O. The molecule has 2 aromatic heterocycles. The third-order valence-electron chi connectivity index (χ3n) is 2.77. The highest BCUT2D eigenvalue weighted by atomic mass is 79.9. The first-order chi connectivity index (χ1) is 10.1. The molecule has 3 rings (SSSR count). The van der Waals surface area contributed by atoms with Gasteiger partial charge in [0.2, 0.25) is 11.7 Å². The van der Waals surface area contributed by atoms with Gasteiger partial charge in [0.25, 0.3) is 0 Å². The molecule has 3 aromatic rings. The lowest BCUT2D eigenvalue weighted by molar-refractivity contribution is 0.459. The lowest BCUT2D eigenvalue weighted by Gasteiger charge is -1.98. The quantitative estimate of drug-likeness (QED) is 0.468. The van der Waals surface area contributed by atoms with Crippen molar-refractivity contribution < 1.29 is 5.11 Å². The maximum Gasteiger partial charge on any atom is 0.218 e. The second-order valence-corrected chi connectivity index (χ2v) is 5.39. The minimum atomic E-state index is -0.0921. The van der Waals surface area contributed by atoms with Crippen molar-refractivity contribution in [2.45, 2.75) is 0 Å². The Hall–Kier alpha value is -2.19. The van der Waals surface area contributed by atoms with Crippen molar-refractivity contribution in [2.24, 2.45) is 10.2 Å². The first-order valence-electron chi connectivity index (χ1n) is 5.74. The molecule has 9 heteroatoms. The number of fused-ring (bicyclic) bond motifs is 1. The topological polar surface area (TPSA) is 113 Å². The molecule has 4 N–H and O–H groups in total. The van der Waals surface area contributed by atoms with E-state index in [1.807, 2.05) is 18.2 Å². The molecular weight excluding hydrogens is 360 g/mol. The highest BCUT2D eigenvalue weighted by Gasteiger charge is 2.11. The number of rotatable bonds is 2. The Bertz CT molecular complexity index is 862. The number of azo groups is 1. The molecule has 0 unspecified atom stereocenters. The highest BCUT2D eigenvalue weighted by Crippen LogP contribution is 2.38. The fourth-order valence-electron chi connectivity index (χ4n) is 1.78. The van der Waals surface area contributed by atoms with E-state index in [0.717, 1.165) is 9.99 Å². The second kappa shape index (κ2) is 5.30. The molecule has 0 amide bonds. The van der Waals surface area contributed by atoms with Crippen molar-refractivity contribution in [3.63, 3.8) is 0 Å². The molecule has 106 valence electrons. The zero-order chi connectivity index (χ0) is 15.0. The van der Waals surface area contributed by atoms with E-state index in [-0.39, 0.29) is 22.5 Å². The van der Waals surface area contributed by atoms with Crippen molar-refractivity contribution in [1.29, 1.82) is 0 Å². The van der Waals surface area contributed by atoms with Crippen molar-refractivity contribution in [2.75, 3.05) is 5.73 Å². The normalized spacial score (nSPS) is 11.5. The van der Waals surface area contributed by atoms with Gasteiger partial charge in [0.1, 0.15) is 12.0 Å². The number of anilines is 1. The molecule has 0 radical (unpaired) electrons. The van der Waals surface area contributed by atoms with Gasteiger partial charge in [0.05, 0.1) is 5.52 Å². The van der Waals surface area contributed by atoms with E-state index in [1.165, 1.54) is 6.33 Å². The van der Waals surface area contributed by atoms with Crippen molar-refractivity contribution >= 4 is 55.6 Å². The smallest absolute Gasteiger partial charge is 0.218 e. The first-order valence-corrected chi connectivity index (χ1v) is 6.91. The lowest BCUT2D eigenvalue weighted by atomic mass is 10.2. The molecule has 0 saturated heterocycles. The van der Waals surface area contributed by atoms with Crippen LogP contribution in [0.2, 0.25) is 5.15 Å². The van der Waals surface area contributed by atoms with Crippen molar-refractivity contribution in [1.82, 2.24) is 15.0 Å². The van der Waals surface area contributed by atoms with Crippen LogP contribution in [0.1, 0.15) is 0 Å². The lowest BCUT2D eigenvalue weighted by Crippen LogP contribution is -1.91. The fraction of sp³-hybridized carbons (Fsp3) is 0. The summed E-state index contributed by atoms with van der Waals surface area (Å²) < 4.78 is 0.857. The minimum absolute atomic E-state index is 0.0921. The minimum Gasteiger partial charge on any atom is -0.493 e. The summed E-state index contributed by atoms with van der Waals surface area (Å²) in [5.74, 6) is 0.0457. The van der Waals surface area contributed by atoms with E-state index in [1.54, 1.807) is 0 Å². The maximum atomic E-state index is 9.91. The van der Waals surface area contributed by atoms with E-state index in [4.69, 9.17) is 17.3 Å². The van der Waals surface area contributed by atoms with Gasteiger partial charge in [-0.3, -0.25) is 0 Å². The molecule has 21 heavy (non-hydrogen) atoms. The van der Waals surface area contributed by atoms with Gasteiger partial charge in [-0.1, -0.05) is 27.5 Å². The Morgan fingerprint density at radius 2 is 2.10 bits per heavy atom. The molecule has 7 nitrogen and oxygen atoms in total. The predicted octanol–water partition coefficient (Wildman–Crippen LogP) is 4.08. The van der Waals surface area contributed by atoms with E-state index >= 15 is 0 Å². The number of hydrogen-bond donors (Lipinski definition) is 3. The molecule has 0 aliphatic carbocycles. The first kappa shape index (κ1) is 13.8. The molecule has 1 aromatic carbocycles. The second-order valence-electron chi connectivity index (χ2n) is 4.11. The van der Waals surface area contributed by atoms with Crippen LogP contribution < -0.4 is 5.73 Å². The van der Waals surface area contributed by atoms with Crippen LogP contribution in [0.4, 0.5) is 17.2 Å². The van der Waals surface area contributed by atoms with Gasteiger partial charge in [-0.05, 0) is 18.2 Å². The van der Waals surface area contributed by atoms with Crippen LogP contribution in [-0.2, 0) is 0 Å². The number of benzene rings is 1. The molecule has 0 aliphatic rings. The van der Waals surface area contributed by atoms with Crippen LogP contribution >= 0.6 is 27.5 Å². The maximum absolute atomic E-state index is 9.91. The van der Waals surface area contributed by atoms with Gasteiger partial charge in [0, 0.05) is 9.86 Å². The Morgan fingerprint density at radius 1 is 1.29 bits per heavy atom. The molecule has 0 atom stereocenters. The number of H-pyrrole nitrogens is 1. The van der Waals surface area contributed by atoms with Crippen LogP contribution in [0.3, 0.4) is 0 Å². The van der Waals surface area contributed by atoms with E-state index < -0.39 is 0 Å². The molecule has 2 heterocycles. The predicted molar refractivity (Wildman–Crippen MR) is 83.3 cm³/mol. The number of aromatic hydroxyl groups is 1. The Kier molecular flexibility index (Phi) is 3.48. The summed E-state index contributed by atoms with van der Waals surface area (Å²) in [7, 11) is 0. The zero-order valence-electron chi connectivity index (χ0n) is 10.4. The number of nitrogens with zero attached hydrogens (tertiary/aromatic N) is 4. The van der Waals surface area contributed by atoms with Crippen LogP contribution in [0.5, 0.6) is 5.88 Å². The van der Waals surface area contributed by atoms with Crippen molar-refractivity contribution in [3.05, 3.63) is 34.2 Å². The number of nitrogens with two attached hydrogens (primary N) is 1. The van der Waals surface area contributed by atoms with E-state index in [0.29, 0.717) is 11.1 Å². The summed E-state index contributed by atoms with van der Waals surface area (Å²) in [6.45, 7) is 0. The summed E-state index contributed by atoms with van der Waals surface area (Å²) in [5, 5.41) is 18.6. The summed E-state index contributed by atoms with van der Waals surface area (Å²) in [5.41, 5.74) is 6.86. The standard InChI is InChI=1S/C12H8BrClN6O/c13-5-1-2-7-6(3-5)9(12(21)18-7)19-20-11-8(15)10(14)16-4-17-11/h1-4,18,21H,15H2. The zero-order valence-corrected chi connectivity index (χ0v) is 12.7. The number of halogens is 2. The highest BCUT2D eigenvalue weighted by molar-refractivity contribution is 9.10. The SMILES string of the molecule is Nc1c(Cl)ncnc1N=Nc1c(O)[nH]c2ccc(Br)cc12. The van der Waals surface area contributed by atoms with Crippen LogP contribution in [0.25, 0.3) is 10.9 Å². The Labute approximate surface area is 132 Å². The van der Waals surface area contributed by atoms with Gasteiger partial charge < -0.3 is 15.8 Å². The number of nitrogens with one attached hydrogen (secondary N) is 1. The average molecular weight is 368 g/mol. The molecule has 0 bridgehead atoms. The van der Waals surface area contributed by atoms with Gasteiger partial charge in [-0.15, -0.1) is 10.2 Å². The van der Waals surface area contributed by atoms with Crippen LogP contribution in [0.15, 0.2) is 39.2 Å². The molecule has 0 saturated carbocycles. The van der Waals surface area contributed by atoms with Gasteiger partial charge in [-0.25, -0.2) is 9.97 Å². The number of hydrogen-bond acceptors (Lipinski definition) is 6. The number of aromatic nitrogens is 3. The molecule has 0 fully saturated rings. The largest absolute Gasteiger partial charge is 0.493 e. The summed E-state index contributed by atoms with van der Waals surface area (Å²) in [6.07, 6.45) is 1.23. The van der Waals surface area contributed by atoms with Gasteiger partial charge >= 0.3 is 0 Å². The molecule has 0 spiro atoms. The summed E-state index contributed by atoms with van der Waals surface area (Å²) in [6, 6.07) is 5.48. The number of aromatic amines is 1. The van der Waals surface area contributed by atoms with Crippen LogP contribution in [0, 0.1) is 0 Å². The Morgan fingerprint density at radius 3 is 2.90 bits per heavy atom. The van der Waals surface area contributed by atoms with E-state index in [9.17, 15) is 5.11 Å². The third-order valence-corrected chi connectivity index (χ3v) is 3.57. The average Bonchev–Trinajstić information content (AvgIpc) is 2.76. The van der Waals surface area contributed by atoms with Gasteiger partial charge in [-0.2, -0.15) is 0 Å².